The van der Waals surface area contributed by atoms with E-state index in [9.17, 15) is 0 Å². The van der Waals surface area contributed by atoms with Crippen molar-refractivity contribution in [3.63, 3.8) is 0 Å². The predicted molar refractivity (Wildman–Crippen MR) is 34.2 cm³/mol. The van der Waals surface area contributed by atoms with Gasteiger partial charge in [-0.05, 0) is 10.6 Å². The maximum Gasteiger partial charge on any atom is 0.239 e. The summed E-state index contributed by atoms with van der Waals surface area (Å²) >= 11 is 0. The van der Waals surface area contributed by atoms with Gasteiger partial charge in [-0.2, -0.15) is 4.98 Å². The maximum absolute atomic E-state index is 7.95. The van der Waals surface area contributed by atoms with E-state index in [1.807, 2.05) is 0 Å². The molecule has 0 amide bonds. The fraction of sp³-hybridized carbons (Fsp3) is 0.333. The van der Waals surface area contributed by atoms with E-state index in [4.69, 9.17) is 11.3 Å². The Kier molecular flexibility index (Phi) is 1.43. The van der Waals surface area contributed by atoms with Crippen molar-refractivity contribution in [3.05, 3.63) is 10.4 Å². The van der Waals surface area contributed by atoms with Crippen molar-refractivity contribution in [2.24, 2.45) is 12.2 Å². The second-order valence-electron chi connectivity index (χ2n) is 1.58. The van der Waals surface area contributed by atoms with Crippen LogP contribution in [0.4, 0.5) is 11.9 Å². The number of aromatic nitrogens is 3. The minimum absolute atomic E-state index is 0.0440. The fourth-order valence-corrected chi connectivity index (χ4v) is 0.465. The summed E-state index contributed by atoms with van der Waals surface area (Å²) in [6.45, 7) is 0. The van der Waals surface area contributed by atoms with E-state index in [1.54, 1.807) is 7.05 Å². The van der Waals surface area contributed by atoms with Gasteiger partial charge in [-0.25, -0.2) is 4.68 Å². The molecule has 10 heavy (non-hydrogen) atoms. The molecular weight excluding hydrogens is 134 g/mol. The quantitative estimate of drug-likeness (QED) is 0.344. The minimum atomic E-state index is 0.0440. The van der Waals surface area contributed by atoms with Crippen molar-refractivity contribution in [2.45, 2.75) is 0 Å². The van der Waals surface area contributed by atoms with Gasteiger partial charge in [0.1, 0.15) is 0 Å². The summed E-state index contributed by atoms with van der Waals surface area (Å²) in [5.74, 6) is 0.268. The topological polar surface area (TPSA) is 105 Å². The third-order valence-electron chi connectivity index (χ3n) is 0.920. The van der Waals surface area contributed by atoms with Crippen LogP contribution in [-0.2, 0) is 7.05 Å². The number of nitrogens with two attached hydrogens (primary N) is 1. The van der Waals surface area contributed by atoms with E-state index >= 15 is 0 Å². The summed E-state index contributed by atoms with van der Waals surface area (Å²) in [7, 11) is 1.61. The first-order valence-corrected chi connectivity index (χ1v) is 2.45. The molecule has 7 heteroatoms. The minimum Gasteiger partial charge on any atom is -0.368 e. The number of nitrogen functional groups attached to an aromatic ring is 1. The Bertz CT molecular complexity index is 260. The van der Waals surface area contributed by atoms with Crippen LogP contribution in [0.2, 0.25) is 0 Å². The van der Waals surface area contributed by atoms with Crippen molar-refractivity contribution < 1.29 is 0 Å². The second-order valence-corrected chi connectivity index (χ2v) is 1.58. The molecule has 0 aliphatic rings. The summed E-state index contributed by atoms with van der Waals surface area (Å²) in [4.78, 5) is 6.10. The van der Waals surface area contributed by atoms with Gasteiger partial charge < -0.3 is 5.73 Å². The van der Waals surface area contributed by atoms with Crippen LogP contribution < -0.4 is 5.73 Å². The number of anilines is 1. The fourth-order valence-electron chi connectivity index (χ4n) is 0.465. The predicted octanol–water partition coefficient (Wildman–Crippen LogP) is 0.339. The first-order valence-electron chi connectivity index (χ1n) is 2.45. The molecule has 0 saturated carbocycles. The zero-order chi connectivity index (χ0) is 7.56. The lowest BCUT2D eigenvalue weighted by Gasteiger charge is -1.84. The van der Waals surface area contributed by atoms with Crippen molar-refractivity contribution in [2.75, 3.05) is 5.73 Å². The zero-order valence-corrected chi connectivity index (χ0v) is 5.26. The first kappa shape index (κ1) is 6.37. The highest BCUT2D eigenvalue weighted by Crippen LogP contribution is 2.05. The molecule has 0 aromatic carbocycles. The Balaban J connectivity index is 3.09. The Morgan fingerprint density at radius 2 is 2.50 bits per heavy atom. The molecule has 52 valence electrons. The van der Waals surface area contributed by atoms with Gasteiger partial charge in [0.05, 0.1) is 0 Å². The highest BCUT2D eigenvalue weighted by molar-refractivity contribution is 5.24. The van der Waals surface area contributed by atoms with Gasteiger partial charge in [-0.1, -0.05) is 0 Å². The molecule has 0 aliphatic carbocycles. The normalized spacial score (nSPS) is 8.90. The van der Waals surface area contributed by atoms with Crippen LogP contribution in [0.3, 0.4) is 0 Å². The van der Waals surface area contributed by atoms with Crippen LogP contribution in [0, 0.1) is 0 Å². The lowest BCUT2D eigenvalue weighted by molar-refractivity contribution is 0.778. The number of hydrogen-bond acceptors (Lipinski definition) is 4. The van der Waals surface area contributed by atoms with E-state index in [0.29, 0.717) is 0 Å². The molecule has 0 spiro atoms. The Hall–Kier alpha value is -1.75. The molecule has 2 N–H and O–H groups in total. The van der Waals surface area contributed by atoms with Gasteiger partial charge in [-0.15, -0.1) is 5.10 Å². The first-order chi connectivity index (χ1) is 4.74. The summed E-state index contributed by atoms with van der Waals surface area (Å²) in [6, 6.07) is 0. The molecule has 1 heterocycles. The number of azide groups is 1. The molecule has 0 fully saturated rings. The number of aryl methyl sites for hydroxylation is 1. The molecule has 7 nitrogen and oxygen atoms in total. The lowest BCUT2D eigenvalue weighted by atomic mass is 11.0. The number of nitrogens with zero attached hydrogens (tertiary/aromatic N) is 6. The van der Waals surface area contributed by atoms with Gasteiger partial charge in [0.25, 0.3) is 0 Å². The largest absolute Gasteiger partial charge is 0.368 e. The van der Waals surface area contributed by atoms with Crippen LogP contribution in [0.1, 0.15) is 0 Å². The van der Waals surface area contributed by atoms with E-state index in [2.05, 4.69) is 20.1 Å². The molecule has 0 saturated heterocycles. The van der Waals surface area contributed by atoms with Gasteiger partial charge in [0.2, 0.25) is 11.9 Å². The summed E-state index contributed by atoms with van der Waals surface area (Å²) < 4.78 is 1.32. The Morgan fingerprint density at radius 1 is 1.80 bits per heavy atom. The standard InChI is InChI=1S/C3H5N7/c1-10-2(4)6-3(8-10)7-9-5/h1H3,(H2,4,6,8). The second kappa shape index (κ2) is 2.24. The van der Waals surface area contributed by atoms with Crippen molar-refractivity contribution in [3.8, 4) is 0 Å². The molecule has 0 atom stereocenters. The van der Waals surface area contributed by atoms with Gasteiger partial charge >= 0.3 is 0 Å². The summed E-state index contributed by atoms with van der Waals surface area (Å²) in [5, 5.41) is 6.81. The number of rotatable bonds is 1. The molecule has 0 bridgehead atoms. The average molecular weight is 139 g/mol. The Morgan fingerprint density at radius 3 is 2.90 bits per heavy atom. The third kappa shape index (κ3) is 0.981. The molecule has 0 radical (unpaired) electrons. The van der Waals surface area contributed by atoms with Crippen LogP contribution in [-0.4, -0.2) is 14.8 Å². The Labute approximate surface area is 56.1 Å². The SMILES string of the molecule is Cn1nc(N=[N+]=[N-])nc1N. The van der Waals surface area contributed by atoms with Gasteiger partial charge in [-0.3, -0.25) is 0 Å². The van der Waals surface area contributed by atoms with Crippen molar-refractivity contribution in [1.29, 1.82) is 0 Å². The molecule has 0 unspecified atom stereocenters. The third-order valence-corrected chi connectivity index (χ3v) is 0.920. The highest BCUT2D eigenvalue weighted by atomic mass is 15.4. The van der Waals surface area contributed by atoms with E-state index in [0.717, 1.165) is 0 Å². The average Bonchev–Trinajstić information content (AvgIpc) is 2.14. The van der Waals surface area contributed by atoms with E-state index < -0.39 is 0 Å². The lowest BCUT2D eigenvalue weighted by Crippen LogP contribution is -1.97. The van der Waals surface area contributed by atoms with E-state index in [-0.39, 0.29) is 11.9 Å². The smallest absolute Gasteiger partial charge is 0.239 e. The number of hydrogen-bond donors (Lipinski definition) is 1. The molecule has 1 rings (SSSR count). The van der Waals surface area contributed by atoms with Crippen LogP contribution in [0.25, 0.3) is 10.4 Å². The maximum atomic E-state index is 7.95. The summed E-state index contributed by atoms with van der Waals surface area (Å²) in [5.41, 5.74) is 13.2. The molecule has 1 aromatic heterocycles. The van der Waals surface area contributed by atoms with Crippen LogP contribution >= 0.6 is 0 Å². The van der Waals surface area contributed by atoms with Gasteiger partial charge in [0.15, 0.2) is 0 Å². The highest BCUT2D eigenvalue weighted by Gasteiger charge is 1.98. The molecule has 1 aromatic rings. The van der Waals surface area contributed by atoms with Crippen molar-refractivity contribution >= 4 is 11.9 Å². The van der Waals surface area contributed by atoms with Crippen LogP contribution in [0.15, 0.2) is 5.11 Å². The zero-order valence-electron chi connectivity index (χ0n) is 5.26. The summed E-state index contributed by atoms with van der Waals surface area (Å²) in [6.07, 6.45) is 0. The van der Waals surface area contributed by atoms with E-state index in [1.165, 1.54) is 4.68 Å². The molecule has 0 aliphatic heterocycles. The molecular formula is C3H5N7. The van der Waals surface area contributed by atoms with Crippen LogP contribution in [0.5, 0.6) is 0 Å². The van der Waals surface area contributed by atoms with Crippen molar-refractivity contribution in [1.82, 2.24) is 14.8 Å². The monoisotopic (exact) mass is 139 g/mol. The van der Waals surface area contributed by atoms with Gasteiger partial charge in [0, 0.05) is 12.0 Å².